The maximum atomic E-state index is 13.5. The van der Waals surface area contributed by atoms with E-state index in [1.54, 1.807) is 32.0 Å². The lowest BCUT2D eigenvalue weighted by Crippen LogP contribution is -2.38. The molecule has 0 unspecified atom stereocenters. The van der Waals surface area contributed by atoms with Crippen molar-refractivity contribution in [3.8, 4) is 0 Å². The van der Waals surface area contributed by atoms with Crippen LogP contribution in [0.25, 0.3) is 0 Å². The summed E-state index contributed by atoms with van der Waals surface area (Å²) in [6.45, 7) is 5.61. The maximum absolute atomic E-state index is 13.5. The molecule has 0 fully saturated rings. The first-order chi connectivity index (χ1) is 16.7. The fourth-order valence-electron chi connectivity index (χ4n) is 5.58. The van der Waals surface area contributed by atoms with E-state index in [4.69, 9.17) is 4.42 Å². The topological polar surface area (TPSA) is 86.0 Å². The Labute approximate surface area is 205 Å². The number of anilines is 1. The van der Waals surface area contributed by atoms with Crippen LogP contribution in [0.4, 0.5) is 10.1 Å². The van der Waals surface area contributed by atoms with E-state index in [2.05, 4.69) is 18.4 Å². The van der Waals surface area contributed by atoms with E-state index in [9.17, 15) is 17.9 Å². The van der Waals surface area contributed by atoms with Crippen molar-refractivity contribution in [2.45, 2.75) is 38.5 Å². The highest BCUT2D eigenvalue weighted by atomic mass is 32.2. The molecular weight excluding hydrogens is 469 g/mol. The number of hydrazine groups is 1. The first-order valence-corrected chi connectivity index (χ1v) is 13.3. The molecule has 5 rings (SSSR count). The molecule has 0 bridgehead atoms. The molecule has 0 saturated carbocycles. The highest BCUT2D eigenvalue weighted by Crippen LogP contribution is 2.48. The molecule has 186 valence electrons. The van der Waals surface area contributed by atoms with Crippen molar-refractivity contribution in [2.75, 3.05) is 24.7 Å². The third-order valence-electron chi connectivity index (χ3n) is 7.17. The summed E-state index contributed by atoms with van der Waals surface area (Å²) in [5, 5.41) is 11.6. The quantitative estimate of drug-likeness (QED) is 0.595. The van der Waals surface area contributed by atoms with Gasteiger partial charge in [0, 0.05) is 30.8 Å². The van der Waals surface area contributed by atoms with Crippen molar-refractivity contribution in [1.29, 1.82) is 0 Å². The monoisotopic (exact) mass is 499 g/mol. The first kappa shape index (κ1) is 23.8. The number of hydrogen-bond acceptors (Lipinski definition) is 6. The van der Waals surface area contributed by atoms with Crippen LogP contribution in [0, 0.1) is 31.5 Å². The van der Waals surface area contributed by atoms with E-state index in [1.165, 1.54) is 27.6 Å². The summed E-state index contributed by atoms with van der Waals surface area (Å²) in [5.41, 5.74) is 8.77. The Kier molecular flexibility index (Phi) is 6.11. The van der Waals surface area contributed by atoms with Crippen molar-refractivity contribution in [3.63, 3.8) is 0 Å². The van der Waals surface area contributed by atoms with Gasteiger partial charge in [0.1, 0.15) is 22.2 Å². The number of furan rings is 1. The molecular formula is C26H30FN3O4S. The number of aliphatic hydroxyl groups is 1. The number of benzene rings is 1. The minimum atomic E-state index is -3.81. The minimum absolute atomic E-state index is 0.0309. The van der Waals surface area contributed by atoms with Gasteiger partial charge in [0.25, 0.3) is 0 Å². The van der Waals surface area contributed by atoms with E-state index in [0.717, 1.165) is 29.8 Å². The molecule has 2 N–H and O–H groups in total. The van der Waals surface area contributed by atoms with Crippen LogP contribution in [0.1, 0.15) is 31.3 Å². The molecule has 1 aromatic heterocycles. The molecule has 9 heteroatoms. The van der Waals surface area contributed by atoms with E-state index in [1.807, 2.05) is 11.2 Å². The van der Waals surface area contributed by atoms with Crippen molar-refractivity contribution < 1.29 is 22.3 Å². The van der Waals surface area contributed by atoms with Crippen LogP contribution < -0.4 is 10.4 Å². The van der Waals surface area contributed by atoms with Crippen LogP contribution in [-0.2, 0) is 10.0 Å². The zero-order valence-electron chi connectivity index (χ0n) is 20.1. The molecule has 0 spiro atoms. The molecule has 1 aliphatic heterocycles. The van der Waals surface area contributed by atoms with Gasteiger partial charge in [-0.1, -0.05) is 12.5 Å². The number of halogens is 1. The van der Waals surface area contributed by atoms with Crippen LogP contribution in [0.3, 0.4) is 0 Å². The molecule has 1 aromatic carbocycles. The Morgan fingerprint density at radius 2 is 2.00 bits per heavy atom. The van der Waals surface area contributed by atoms with Gasteiger partial charge >= 0.3 is 0 Å². The molecule has 2 aliphatic carbocycles. The zero-order valence-corrected chi connectivity index (χ0v) is 20.9. The van der Waals surface area contributed by atoms with E-state index in [-0.39, 0.29) is 35.7 Å². The Bertz CT molecular complexity index is 1340. The zero-order chi connectivity index (χ0) is 24.9. The highest BCUT2D eigenvalue weighted by Gasteiger charge is 2.40. The third kappa shape index (κ3) is 4.11. The smallest absolute Gasteiger partial charge is 0.246 e. The molecule has 35 heavy (non-hydrogen) atoms. The molecule has 2 aromatic rings. The van der Waals surface area contributed by atoms with Gasteiger partial charge < -0.3 is 14.9 Å². The van der Waals surface area contributed by atoms with Crippen LogP contribution in [0.5, 0.6) is 0 Å². The summed E-state index contributed by atoms with van der Waals surface area (Å²) in [5.74, 6) is 0.776. The van der Waals surface area contributed by atoms with E-state index < -0.39 is 10.0 Å². The number of hydrogen-bond donors (Lipinski definition) is 2. The molecule has 7 nitrogen and oxygen atoms in total. The lowest BCUT2D eigenvalue weighted by atomic mass is 9.80. The van der Waals surface area contributed by atoms with Gasteiger partial charge in [0.15, 0.2) is 0 Å². The van der Waals surface area contributed by atoms with E-state index >= 15 is 0 Å². The van der Waals surface area contributed by atoms with Crippen molar-refractivity contribution in [3.05, 3.63) is 82.4 Å². The lowest BCUT2D eigenvalue weighted by molar-refractivity contribution is 0.242. The fourth-order valence-corrected chi connectivity index (χ4v) is 7.27. The second kappa shape index (κ2) is 8.96. The Morgan fingerprint density at radius 3 is 2.66 bits per heavy atom. The molecule has 0 radical (unpaired) electrons. The van der Waals surface area contributed by atoms with Gasteiger partial charge in [-0.05, 0) is 74.6 Å². The van der Waals surface area contributed by atoms with Gasteiger partial charge in [-0.25, -0.2) is 12.8 Å². The molecule has 2 heterocycles. The number of nitrogens with one attached hydrogen (secondary N) is 1. The standard InChI is InChI=1S/C26H30FN3O4S/c1-16-12-25(18(3)34-16)35(32,33)29(10-11-31)15-20-5-4-19-13-24-23(17(2)26(19)20)14-28-30(24)22-8-6-21(27)7-9-22/h6-9,12-14,17,20,28,31H,4-5,10-11,15H2,1-3H3/t17-,20+/m0/s1. The summed E-state index contributed by atoms with van der Waals surface area (Å²) in [7, 11) is -3.81. The van der Waals surface area contributed by atoms with E-state index in [0.29, 0.717) is 18.1 Å². The number of aryl methyl sites for hydroxylation is 2. The number of rotatable bonds is 7. The number of sulfonamides is 1. The van der Waals surface area contributed by atoms with Gasteiger partial charge in [-0.2, -0.15) is 4.31 Å². The number of allylic oxidation sites excluding steroid dienone is 3. The Morgan fingerprint density at radius 1 is 1.26 bits per heavy atom. The summed E-state index contributed by atoms with van der Waals surface area (Å²) in [6, 6.07) is 7.91. The average Bonchev–Trinajstić information content (AvgIpc) is 3.51. The van der Waals surface area contributed by atoms with Crippen LogP contribution in [-0.4, -0.2) is 37.5 Å². The van der Waals surface area contributed by atoms with Gasteiger partial charge in [-0.15, -0.1) is 0 Å². The van der Waals surface area contributed by atoms with Crippen molar-refractivity contribution in [1.82, 2.24) is 9.73 Å². The fraction of sp³-hybridized carbons (Fsp3) is 0.385. The Balaban J connectivity index is 1.44. The summed E-state index contributed by atoms with van der Waals surface area (Å²) >= 11 is 0. The second-order valence-corrected chi connectivity index (χ2v) is 11.3. The number of aliphatic hydroxyl groups excluding tert-OH is 1. The maximum Gasteiger partial charge on any atom is 0.246 e. The third-order valence-corrected chi connectivity index (χ3v) is 9.15. The lowest BCUT2D eigenvalue weighted by Gasteiger charge is -2.31. The minimum Gasteiger partial charge on any atom is -0.465 e. The predicted molar refractivity (Wildman–Crippen MR) is 131 cm³/mol. The summed E-state index contributed by atoms with van der Waals surface area (Å²) in [6.07, 6.45) is 5.84. The van der Waals surface area contributed by atoms with Gasteiger partial charge in [0.05, 0.1) is 18.0 Å². The van der Waals surface area contributed by atoms with Crippen molar-refractivity contribution in [2.24, 2.45) is 11.8 Å². The average molecular weight is 500 g/mol. The van der Waals surface area contributed by atoms with Crippen molar-refractivity contribution >= 4 is 15.7 Å². The molecule has 2 atom stereocenters. The predicted octanol–water partition coefficient (Wildman–Crippen LogP) is 4.17. The summed E-state index contributed by atoms with van der Waals surface area (Å²) in [4.78, 5) is 0.159. The molecule has 0 saturated heterocycles. The number of fused-ring (bicyclic) bond motifs is 1. The molecule has 0 amide bonds. The largest absolute Gasteiger partial charge is 0.465 e. The number of nitrogens with zero attached hydrogens (tertiary/aromatic N) is 2. The highest BCUT2D eigenvalue weighted by molar-refractivity contribution is 7.89. The Hall–Kier alpha value is -2.88. The van der Waals surface area contributed by atoms with Crippen LogP contribution >= 0.6 is 0 Å². The normalized spacial score (nSPS) is 21.7. The first-order valence-electron chi connectivity index (χ1n) is 11.9. The van der Waals surface area contributed by atoms with Gasteiger partial charge in [-0.3, -0.25) is 5.01 Å². The summed E-state index contributed by atoms with van der Waals surface area (Å²) < 4.78 is 47.2. The SMILES string of the molecule is Cc1cc(S(=O)(=O)N(CCO)C[C@H]2CCC3=C2[C@@H](C)C2=CNN(c4ccc(F)cc4)C2=C3)c(C)o1. The van der Waals surface area contributed by atoms with Crippen LogP contribution in [0.2, 0.25) is 0 Å². The second-order valence-electron chi connectivity index (χ2n) is 9.37. The molecule has 3 aliphatic rings. The van der Waals surface area contributed by atoms with Gasteiger partial charge in [0.2, 0.25) is 10.0 Å². The van der Waals surface area contributed by atoms with Crippen LogP contribution in [0.15, 0.2) is 74.3 Å².